The first kappa shape index (κ1) is 13.4. The molecule has 0 aliphatic carbocycles. The third-order valence-corrected chi connectivity index (χ3v) is 2.22. The number of hydrogen-bond acceptors (Lipinski definition) is 2. The summed E-state index contributed by atoms with van der Waals surface area (Å²) in [6.45, 7) is 7.90. The Morgan fingerprint density at radius 2 is 1.64 bits per heavy atom. The van der Waals surface area contributed by atoms with Gasteiger partial charge in [-0.15, -0.1) is 0 Å². The number of rotatable bonds is 7. The Bertz CT molecular complexity index is 153. The van der Waals surface area contributed by atoms with Crippen molar-refractivity contribution < 1.29 is 4.79 Å². The second-order valence-corrected chi connectivity index (χ2v) is 3.72. The summed E-state index contributed by atoms with van der Waals surface area (Å²) in [5.41, 5.74) is 5.80. The maximum Gasteiger partial charge on any atom is 0.239 e. The molecule has 0 saturated carbocycles. The fourth-order valence-electron chi connectivity index (χ4n) is 1.54. The van der Waals surface area contributed by atoms with Gasteiger partial charge in [-0.1, -0.05) is 27.2 Å². The van der Waals surface area contributed by atoms with E-state index in [1.807, 2.05) is 4.90 Å². The topological polar surface area (TPSA) is 46.3 Å². The number of amides is 1. The zero-order chi connectivity index (χ0) is 11.0. The van der Waals surface area contributed by atoms with Crippen LogP contribution in [0, 0.1) is 0 Å². The standard InChI is InChI=1S/C11H24N2O/c1-4-7-10(12)11(14)13(8-5-2)9-6-3/h10H,4-9,12H2,1-3H3/t10-/m0/s1. The van der Waals surface area contributed by atoms with Crippen molar-refractivity contribution in [3.05, 3.63) is 0 Å². The summed E-state index contributed by atoms with van der Waals surface area (Å²) in [5.74, 6) is 0.121. The van der Waals surface area contributed by atoms with Crippen molar-refractivity contribution in [2.75, 3.05) is 13.1 Å². The Balaban J connectivity index is 4.11. The molecule has 0 rings (SSSR count). The summed E-state index contributed by atoms with van der Waals surface area (Å²) in [6, 6.07) is -0.293. The van der Waals surface area contributed by atoms with E-state index in [2.05, 4.69) is 20.8 Å². The molecular formula is C11H24N2O. The molecule has 0 aliphatic rings. The predicted molar refractivity (Wildman–Crippen MR) is 60.0 cm³/mol. The third kappa shape index (κ3) is 4.61. The molecule has 1 amide bonds. The maximum atomic E-state index is 11.8. The van der Waals surface area contributed by atoms with Gasteiger partial charge in [0.1, 0.15) is 0 Å². The molecule has 0 radical (unpaired) electrons. The van der Waals surface area contributed by atoms with Crippen molar-refractivity contribution in [1.82, 2.24) is 4.90 Å². The van der Waals surface area contributed by atoms with Crippen LogP contribution in [-0.2, 0) is 4.79 Å². The van der Waals surface area contributed by atoms with Crippen LogP contribution in [0.3, 0.4) is 0 Å². The normalized spacial score (nSPS) is 12.6. The van der Waals surface area contributed by atoms with Gasteiger partial charge in [-0.05, 0) is 19.3 Å². The van der Waals surface area contributed by atoms with Gasteiger partial charge in [-0.2, -0.15) is 0 Å². The molecule has 0 unspecified atom stereocenters. The van der Waals surface area contributed by atoms with E-state index in [-0.39, 0.29) is 11.9 Å². The van der Waals surface area contributed by atoms with E-state index in [0.29, 0.717) is 0 Å². The highest BCUT2D eigenvalue weighted by molar-refractivity contribution is 5.81. The van der Waals surface area contributed by atoms with E-state index < -0.39 is 0 Å². The zero-order valence-corrected chi connectivity index (χ0v) is 9.75. The summed E-state index contributed by atoms with van der Waals surface area (Å²) in [6.07, 6.45) is 3.77. The van der Waals surface area contributed by atoms with Crippen LogP contribution in [-0.4, -0.2) is 29.9 Å². The smallest absolute Gasteiger partial charge is 0.239 e. The number of carbonyl (C=O) groups is 1. The Kier molecular flexibility index (Phi) is 7.48. The second-order valence-electron chi connectivity index (χ2n) is 3.72. The average Bonchev–Trinajstić information content (AvgIpc) is 2.17. The molecule has 3 nitrogen and oxygen atoms in total. The summed E-state index contributed by atoms with van der Waals surface area (Å²) in [5, 5.41) is 0. The lowest BCUT2D eigenvalue weighted by Crippen LogP contribution is -2.44. The first-order chi connectivity index (χ1) is 6.67. The van der Waals surface area contributed by atoms with Gasteiger partial charge >= 0.3 is 0 Å². The van der Waals surface area contributed by atoms with Crippen molar-refractivity contribution >= 4 is 5.91 Å². The van der Waals surface area contributed by atoms with E-state index in [4.69, 9.17) is 5.73 Å². The number of hydrogen-bond donors (Lipinski definition) is 1. The highest BCUT2D eigenvalue weighted by Crippen LogP contribution is 2.02. The van der Waals surface area contributed by atoms with Crippen molar-refractivity contribution in [2.24, 2.45) is 5.73 Å². The van der Waals surface area contributed by atoms with Crippen molar-refractivity contribution in [1.29, 1.82) is 0 Å². The molecule has 1 atom stereocenters. The van der Waals surface area contributed by atoms with Crippen LogP contribution in [0.25, 0.3) is 0 Å². The van der Waals surface area contributed by atoms with Crippen LogP contribution in [0.2, 0.25) is 0 Å². The van der Waals surface area contributed by atoms with Crippen LogP contribution in [0.15, 0.2) is 0 Å². The lowest BCUT2D eigenvalue weighted by molar-refractivity contribution is -0.132. The molecule has 0 aliphatic heterocycles. The van der Waals surface area contributed by atoms with Crippen LogP contribution >= 0.6 is 0 Å². The highest BCUT2D eigenvalue weighted by atomic mass is 16.2. The third-order valence-electron chi connectivity index (χ3n) is 2.22. The van der Waals surface area contributed by atoms with Gasteiger partial charge in [0, 0.05) is 13.1 Å². The Morgan fingerprint density at radius 1 is 1.14 bits per heavy atom. The minimum absolute atomic E-state index is 0.121. The van der Waals surface area contributed by atoms with Crippen molar-refractivity contribution in [3.8, 4) is 0 Å². The van der Waals surface area contributed by atoms with Gasteiger partial charge in [0.15, 0.2) is 0 Å². The Morgan fingerprint density at radius 3 is 2.00 bits per heavy atom. The molecule has 3 heteroatoms. The summed E-state index contributed by atoms with van der Waals surface area (Å²) >= 11 is 0. The van der Waals surface area contributed by atoms with Crippen molar-refractivity contribution in [2.45, 2.75) is 52.5 Å². The Hall–Kier alpha value is -0.570. The molecule has 0 fully saturated rings. The van der Waals surface area contributed by atoms with Gasteiger partial charge in [0.2, 0.25) is 5.91 Å². The molecule has 0 bridgehead atoms. The second kappa shape index (κ2) is 7.80. The van der Waals surface area contributed by atoms with Crippen LogP contribution < -0.4 is 5.73 Å². The van der Waals surface area contributed by atoms with Crippen LogP contribution in [0.1, 0.15) is 46.5 Å². The molecule has 0 aromatic carbocycles. The fraction of sp³-hybridized carbons (Fsp3) is 0.909. The molecule has 0 aromatic heterocycles. The summed E-state index contributed by atoms with van der Waals surface area (Å²) in [7, 11) is 0. The van der Waals surface area contributed by atoms with E-state index in [1.165, 1.54) is 0 Å². The molecule has 0 heterocycles. The SMILES string of the molecule is CCC[C@H](N)C(=O)N(CCC)CCC. The van der Waals surface area contributed by atoms with Gasteiger partial charge < -0.3 is 10.6 Å². The van der Waals surface area contributed by atoms with Gasteiger partial charge in [0.25, 0.3) is 0 Å². The minimum Gasteiger partial charge on any atom is -0.341 e. The Labute approximate surface area is 87.6 Å². The average molecular weight is 200 g/mol. The summed E-state index contributed by atoms with van der Waals surface area (Å²) in [4.78, 5) is 13.7. The fourth-order valence-corrected chi connectivity index (χ4v) is 1.54. The molecule has 0 spiro atoms. The monoisotopic (exact) mass is 200 g/mol. The largest absolute Gasteiger partial charge is 0.341 e. The van der Waals surface area contributed by atoms with Crippen LogP contribution in [0.4, 0.5) is 0 Å². The molecule has 14 heavy (non-hydrogen) atoms. The molecule has 84 valence electrons. The molecule has 2 N–H and O–H groups in total. The van der Waals surface area contributed by atoms with Gasteiger partial charge in [-0.3, -0.25) is 4.79 Å². The van der Waals surface area contributed by atoms with E-state index >= 15 is 0 Å². The van der Waals surface area contributed by atoms with Crippen LogP contribution in [0.5, 0.6) is 0 Å². The van der Waals surface area contributed by atoms with Crippen molar-refractivity contribution in [3.63, 3.8) is 0 Å². The maximum absolute atomic E-state index is 11.8. The highest BCUT2D eigenvalue weighted by Gasteiger charge is 2.18. The predicted octanol–water partition coefficient (Wildman–Crippen LogP) is 1.76. The molecule has 0 aromatic rings. The lowest BCUT2D eigenvalue weighted by atomic mass is 10.1. The lowest BCUT2D eigenvalue weighted by Gasteiger charge is -2.24. The van der Waals surface area contributed by atoms with Gasteiger partial charge in [0.05, 0.1) is 6.04 Å². The first-order valence-corrected chi connectivity index (χ1v) is 5.71. The van der Waals surface area contributed by atoms with E-state index in [9.17, 15) is 4.79 Å². The van der Waals surface area contributed by atoms with E-state index in [1.54, 1.807) is 0 Å². The van der Waals surface area contributed by atoms with Gasteiger partial charge in [-0.25, -0.2) is 0 Å². The molecule has 0 saturated heterocycles. The zero-order valence-electron chi connectivity index (χ0n) is 9.75. The summed E-state index contributed by atoms with van der Waals surface area (Å²) < 4.78 is 0. The van der Waals surface area contributed by atoms with E-state index in [0.717, 1.165) is 38.8 Å². The first-order valence-electron chi connectivity index (χ1n) is 5.71. The number of nitrogens with zero attached hydrogens (tertiary/aromatic N) is 1. The minimum atomic E-state index is -0.293. The quantitative estimate of drug-likeness (QED) is 0.680. The molecular weight excluding hydrogens is 176 g/mol. The number of carbonyl (C=O) groups excluding carboxylic acids is 1. The number of nitrogens with two attached hydrogens (primary N) is 1.